The second kappa shape index (κ2) is 5.85. The van der Waals surface area contributed by atoms with Crippen LogP contribution in [0.1, 0.15) is 78.1 Å². The van der Waals surface area contributed by atoms with Crippen molar-refractivity contribution in [3.63, 3.8) is 0 Å². The number of rotatable bonds is 2. The van der Waals surface area contributed by atoms with Crippen LogP contribution in [-0.2, 0) is 0 Å². The van der Waals surface area contributed by atoms with Gasteiger partial charge in [-0.25, -0.2) is 0 Å². The van der Waals surface area contributed by atoms with Gasteiger partial charge in [-0.15, -0.1) is 0 Å². The summed E-state index contributed by atoms with van der Waals surface area (Å²) < 4.78 is 0. The maximum absolute atomic E-state index is 2.65. The summed E-state index contributed by atoms with van der Waals surface area (Å²) in [5.74, 6) is 2.74. The van der Waals surface area contributed by atoms with E-state index in [1.54, 1.807) is 16.7 Å². The molecule has 2 atom stereocenters. The SMILES string of the molecule is CC1=C(C2CCCCC2)C=C(C2CCCCC2C)C1. The highest BCUT2D eigenvalue weighted by molar-refractivity contribution is 5.41. The second-order valence-electron chi connectivity index (χ2n) is 7.33. The minimum absolute atomic E-state index is 0.907. The minimum Gasteiger partial charge on any atom is -0.0658 e. The van der Waals surface area contributed by atoms with Crippen molar-refractivity contribution in [3.05, 3.63) is 22.8 Å². The Morgan fingerprint density at radius 2 is 1.58 bits per heavy atom. The summed E-state index contributed by atoms with van der Waals surface area (Å²) in [4.78, 5) is 0. The molecule has 0 aromatic carbocycles. The molecular formula is C19H30. The molecule has 2 fully saturated rings. The van der Waals surface area contributed by atoms with E-state index in [-0.39, 0.29) is 0 Å². The molecule has 0 amide bonds. The van der Waals surface area contributed by atoms with Gasteiger partial charge in [-0.1, -0.05) is 62.7 Å². The summed E-state index contributed by atoms with van der Waals surface area (Å²) in [6.07, 6.45) is 17.1. The van der Waals surface area contributed by atoms with E-state index in [1.807, 2.05) is 0 Å². The van der Waals surface area contributed by atoms with Crippen molar-refractivity contribution in [1.29, 1.82) is 0 Å². The van der Waals surface area contributed by atoms with Crippen LogP contribution in [0.25, 0.3) is 0 Å². The van der Waals surface area contributed by atoms with Crippen molar-refractivity contribution in [2.45, 2.75) is 78.1 Å². The summed E-state index contributed by atoms with van der Waals surface area (Å²) in [5.41, 5.74) is 5.26. The first-order valence-corrected chi connectivity index (χ1v) is 8.66. The smallest absolute Gasteiger partial charge is 0.00992 e. The van der Waals surface area contributed by atoms with Crippen molar-refractivity contribution in [2.24, 2.45) is 17.8 Å². The monoisotopic (exact) mass is 258 g/mol. The predicted molar refractivity (Wildman–Crippen MR) is 83.1 cm³/mol. The van der Waals surface area contributed by atoms with Crippen LogP contribution in [0.15, 0.2) is 22.8 Å². The van der Waals surface area contributed by atoms with E-state index < -0.39 is 0 Å². The topological polar surface area (TPSA) is 0 Å². The van der Waals surface area contributed by atoms with Crippen molar-refractivity contribution in [2.75, 3.05) is 0 Å². The van der Waals surface area contributed by atoms with Gasteiger partial charge in [0.1, 0.15) is 0 Å². The standard InChI is InChI=1S/C19H30/c1-14-8-6-7-11-18(14)17-12-15(2)19(13-17)16-9-4-3-5-10-16/h13-14,16,18H,3-12H2,1-2H3. The molecule has 0 nitrogen and oxygen atoms in total. The molecule has 106 valence electrons. The molecule has 0 bridgehead atoms. The van der Waals surface area contributed by atoms with Gasteiger partial charge in [0, 0.05) is 0 Å². The summed E-state index contributed by atoms with van der Waals surface area (Å²) in [7, 11) is 0. The molecule has 0 aromatic rings. The number of hydrogen-bond donors (Lipinski definition) is 0. The second-order valence-corrected chi connectivity index (χ2v) is 7.33. The van der Waals surface area contributed by atoms with Crippen molar-refractivity contribution >= 4 is 0 Å². The zero-order chi connectivity index (χ0) is 13.2. The summed E-state index contributed by atoms with van der Waals surface area (Å²) in [5, 5.41) is 0. The Bertz CT molecular complexity index is 379. The Morgan fingerprint density at radius 1 is 0.895 bits per heavy atom. The maximum Gasteiger partial charge on any atom is -0.00992 e. The fourth-order valence-electron chi connectivity index (χ4n) is 4.77. The molecule has 0 heteroatoms. The van der Waals surface area contributed by atoms with Gasteiger partial charge in [0.05, 0.1) is 0 Å². The average molecular weight is 258 g/mol. The van der Waals surface area contributed by atoms with Crippen LogP contribution in [-0.4, -0.2) is 0 Å². The molecule has 3 rings (SSSR count). The van der Waals surface area contributed by atoms with Crippen molar-refractivity contribution < 1.29 is 0 Å². The van der Waals surface area contributed by atoms with Gasteiger partial charge in [-0.3, -0.25) is 0 Å². The normalized spacial score (nSPS) is 33.7. The Morgan fingerprint density at radius 3 is 2.32 bits per heavy atom. The Hall–Kier alpha value is -0.520. The third-order valence-electron chi connectivity index (χ3n) is 5.94. The van der Waals surface area contributed by atoms with E-state index in [4.69, 9.17) is 0 Å². The number of hydrogen-bond acceptors (Lipinski definition) is 0. The fraction of sp³-hybridized carbons (Fsp3) is 0.789. The van der Waals surface area contributed by atoms with Gasteiger partial charge in [-0.2, -0.15) is 0 Å². The van der Waals surface area contributed by atoms with E-state index >= 15 is 0 Å². The molecule has 0 radical (unpaired) electrons. The molecule has 0 saturated heterocycles. The van der Waals surface area contributed by atoms with Crippen LogP contribution in [0.3, 0.4) is 0 Å². The van der Waals surface area contributed by atoms with Crippen LogP contribution in [0.5, 0.6) is 0 Å². The molecule has 19 heavy (non-hydrogen) atoms. The Balaban J connectivity index is 1.72. The quantitative estimate of drug-likeness (QED) is 0.566. The average Bonchev–Trinajstić information content (AvgIpc) is 2.82. The van der Waals surface area contributed by atoms with E-state index in [1.165, 1.54) is 64.2 Å². The van der Waals surface area contributed by atoms with Gasteiger partial charge in [-0.05, 0) is 55.9 Å². The molecule has 0 aromatic heterocycles. The molecule has 0 aliphatic heterocycles. The van der Waals surface area contributed by atoms with Crippen molar-refractivity contribution in [3.8, 4) is 0 Å². The summed E-state index contributed by atoms with van der Waals surface area (Å²) >= 11 is 0. The molecule has 3 aliphatic carbocycles. The highest BCUT2D eigenvalue weighted by atomic mass is 14.3. The van der Waals surface area contributed by atoms with Crippen LogP contribution in [0, 0.1) is 17.8 Å². The highest BCUT2D eigenvalue weighted by Crippen LogP contribution is 2.44. The lowest BCUT2D eigenvalue weighted by atomic mass is 9.75. The molecule has 3 aliphatic rings. The molecule has 2 saturated carbocycles. The van der Waals surface area contributed by atoms with E-state index in [0.717, 1.165) is 17.8 Å². The van der Waals surface area contributed by atoms with Gasteiger partial charge in [0.25, 0.3) is 0 Å². The van der Waals surface area contributed by atoms with Gasteiger partial charge in [0.2, 0.25) is 0 Å². The molecule has 0 heterocycles. The lowest BCUT2D eigenvalue weighted by Crippen LogP contribution is -2.18. The third kappa shape index (κ3) is 2.83. The van der Waals surface area contributed by atoms with E-state index in [0.29, 0.717) is 0 Å². The van der Waals surface area contributed by atoms with Crippen LogP contribution >= 0.6 is 0 Å². The highest BCUT2D eigenvalue weighted by Gasteiger charge is 2.29. The third-order valence-corrected chi connectivity index (χ3v) is 5.94. The van der Waals surface area contributed by atoms with Gasteiger partial charge in [0.15, 0.2) is 0 Å². The predicted octanol–water partition coefficient (Wildman–Crippen LogP) is 6.04. The molecule has 0 N–H and O–H groups in total. The number of allylic oxidation sites excluding steroid dienone is 4. The molecular weight excluding hydrogens is 228 g/mol. The summed E-state index contributed by atoms with van der Waals surface area (Å²) in [6.45, 7) is 4.89. The van der Waals surface area contributed by atoms with E-state index in [9.17, 15) is 0 Å². The van der Waals surface area contributed by atoms with E-state index in [2.05, 4.69) is 19.9 Å². The Labute approximate surface area is 119 Å². The minimum atomic E-state index is 0.907. The molecule has 2 unspecified atom stereocenters. The fourth-order valence-corrected chi connectivity index (χ4v) is 4.77. The molecule has 0 spiro atoms. The Kier molecular flexibility index (Phi) is 4.15. The van der Waals surface area contributed by atoms with Gasteiger partial charge >= 0.3 is 0 Å². The maximum atomic E-state index is 2.65. The lowest BCUT2D eigenvalue weighted by molar-refractivity contribution is 0.290. The largest absolute Gasteiger partial charge is 0.0658 e. The van der Waals surface area contributed by atoms with Crippen LogP contribution in [0.4, 0.5) is 0 Å². The van der Waals surface area contributed by atoms with Crippen molar-refractivity contribution in [1.82, 2.24) is 0 Å². The van der Waals surface area contributed by atoms with Crippen LogP contribution in [0.2, 0.25) is 0 Å². The lowest BCUT2D eigenvalue weighted by Gasteiger charge is -2.30. The zero-order valence-electron chi connectivity index (χ0n) is 12.9. The van der Waals surface area contributed by atoms with Gasteiger partial charge < -0.3 is 0 Å². The first-order valence-electron chi connectivity index (χ1n) is 8.66. The first kappa shape index (κ1) is 13.5. The summed E-state index contributed by atoms with van der Waals surface area (Å²) in [6, 6.07) is 0. The van der Waals surface area contributed by atoms with Crippen LogP contribution < -0.4 is 0 Å². The zero-order valence-corrected chi connectivity index (χ0v) is 12.9. The first-order chi connectivity index (χ1) is 9.25.